The average molecular weight is 282 g/mol. The van der Waals surface area contributed by atoms with E-state index in [9.17, 15) is 8.42 Å². The summed E-state index contributed by atoms with van der Waals surface area (Å²) in [6, 6.07) is 7.05. The summed E-state index contributed by atoms with van der Waals surface area (Å²) in [5.74, 6) is 0.317. The Bertz CT molecular complexity index is 542. The third-order valence-electron chi connectivity index (χ3n) is 3.99. The van der Waals surface area contributed by atoms with Crippen LogP contribution in [0.4, 0.5) is 0 Å². The van der Waals surface area contributed by atoms with Crippen LogP contribution in [0.25, 0.3) is 0 Å². The molecule has 1 saturated heterocycles. The summed E-state index contributed by atoms with van der Waals surface area (Å²) in [5, 5.41) is 0. The van der Waals surface area contributed by atoms with Gasteiger partial charge in [-0.1, -0.05) is 25.1 Å². The molecule has 1 aliphatic heterocycles. The lowest BCUT2D eigenvalue weighted by Gasteiger charge is -2.38. The van der Waals surface area contributed by atoms with Crippen LogP contribution in [0.3, 0.4) is 0 Å². The van der Waals surface area contributed by atoms with E-state index < -0.39 is 10.0 Å². The molecule has 4 nitrogen and oxygen atoms in total. The van der Waals surface area contributed by atoms with Gasteiger partial charge in [0.1, 0.15) is 0 Å². The maximum atomic E-state index is 12.8. The lowest BCUT2D eigenvalue weighted by molar-refractivity contribution is 0.192. The van der Waals surface area contributed by atoms with Crippen LogP contribution >= 0.6 is 0 Å². The molecule has 0 radical (unpaired) electrons. The van der Waals surface area contributed by atoms with Gasteiger partial charge in [0, 0.05) is 19.1 Å². The third kappa shape index (κ3) is 2.68. The molecule has 1 aromatic rings. The molecule has 0 amide bonds. The van der Waals surface area contributed by atoms with Crippen molar-refractivity contribution in [3.05, 3.63) is 29.8 Å². The highest BCUT2D eigenvalue weighted by atomic mass is 32.2. The summed E-state index contributed by atoms with van der Waals surface area (Å²) < 4.78 is 27.2. The van der Waals surface area contributed by atoms with E-state index in [0.29, 0.717) is 23.9 Å². The Kier molecular flexibility index (Phi) is 4.28. The van der Waals surface area contributed by atoms with Gasteiger partial charge >= 0.3 is 0 Å². The highest BCUT2D eigenvalue weighted by Gasteiger charge is 2.36. The van der Waals surface area contributed by atoms with E-state index in [1.165, 1.54) is 0 Å². The molecule has 2 rings (SSSR count). The number of hydrogen-bond donors (Lipinski definition) is 1. The standard InChI is InChI=1S/C14H22N2O2S/c1-11-7-5-9-16(13(11)10-15)19(17,18)14-8-4-3-6-12(14)2/h3-4,6,8,11,13H,5,7,9-10,15H2,1-2H3. The number of aryl methyl sites for hydroxylation is 1. The molecule has 2 unspecified atom stereocenters. The molecular formula is C14H22N2O2S. The van der Waals surface area contributed by atoms with Gasteiger partial charge in [0.15, 0.2) is 0 Å². The van der Waals surface area contributed by atoms with E-state index in [2.05, 4.69) is 6.92 Å². The zero-order valence-electron chi connectivity index (χ0n) is 11.5. The van der Waals surface area contributed by atoms with Gasteiger partial charge < -0.3 is 5.73 Å². The highest BCUT2D eigenvalue weighted by molar-refractivity contribution is 7.89. The molecule has 1 aliphatic rings. The Labute approximate surface area is 115 Å². The summed E-state index contributed by atoms with van der Waals surface area (Å²) in [6.45, 7) is 4.86. The first-order chi connectivity index (χ1) is 8.98. The number of nitrogens with two attached hydrogens (primary N) is 1. The molecule has 5 heteroatoms. The van der Waals surface area contributed by atoms with Gasteiger partial charge in [-0.15, -0.1) is 0 Å². The van der Waals surface area contributed by atoms with E-state index in [-0.39, 0.29) is 6.04 Å². The number of rotatable bonds is 3. The number of benzene rings is 1. The van der Waals surface area contributed by atoms with Crippen LogP contribution in [-0.4, -0.2) is 31.9 Å². The quantitative estimate of drug-likeness (QED) is 0.918. The van der Waals surface area contributed by atoms with Crippen molar-refractivity contribution in [2.24, 2.45) is 11.7 Å². The van der Waals surface area contributed by atoms with Gasteiger partial charge in [-0.2, -0.15) is 4.31 Å². The minimum Gasteiger partial charge on any atom is -0.329 e. The van der Waals surface area contributed by atoms with Gasteiger partial charge in [0.25, 0.3) is 0 Å². The van der Waals surface area contributed by atoms with Crippen molar-refractivity contribution < 1.29 is 8.42 Å². The highest BCUT2D eigenvalue weighted by Crippen LogP contribution is 2.29. The number of hydrogen-bond acceptors (Lipinski definition) is 3. The minimum atomic E-state index is -3.43. The van der Waals surface area contributed by atoms with E-state index in [1.54, 1.807) is 16.4 Å². The first-order valence-electron chi connectivity index (χ1n) is 6.76. The molecule has 1 fully saturated rings. The SMILES string of the molecule is Cc1ccccc1S(=O)(=O)N1CCCC(C)C1CN. The molecule has 2 N–H and O–H groups in total. The van der Waals surface area contributed by atoms with Crippen LogP contribution in [0, 0.1) is 12.8 Å². The second-order valence-electron chi connectivity index (χ2n) is 5.30. The first kappa shape index (κ1) is 14.5. The Morgan fingerprint density at radius 3 is 2.68 bits per heavy atom. The average Bonchev–Trinajstić information content (AvgIpc) is 2.38. The maximum absolute atomic E-state index is 12.8. The molecule has 0 aromatic heterocycles. The largest absolute Gasteiger partial charge is 0.329 e. The zero-order chi connectivity index (χ0) is 14.0. The van der Waals surface area contributed by atoms with Crippen LogP contribution in [0.2, 0.25) is 0 Å². The lowest BCUT2D eigenvalue weighted by Crippen LogP contribution is -2.51. The number of sulfonamides is 1. The fourth-order valence-electron chi connectivity index (χ4n) is 2.83. The van der Waals surface area contributed by atoms with Crippen molar-refractivity contribution in [1.29, 1.82) is 0 Å². The van der Waals surface area contributed by atoms with Crippen LogP contribution in [0.15, 0.2) is 29.2 Å². The minimum absolute atomic E-state index is 0.0849. The van der Waals surface area contributed by atoms with Gasteiger partial charge in [-0.3, -0.25) is 0 Å². The van der Waals surface area contributed by atoms with Gasteiger partial charge in [-0.25, -0.2) is 8.42 Å². The lowest BCUT2D eigenvalue weighted by atomic mass is 9.93. The molecule has 2 atom stereocenters. The smallest absolute Gasteiger partial charge is 0.243 e. The predicted octanol–water partition coefficient (Wildman–Crippen LogP) is 1.74. The molecule has 0 spiro atoms. The number of piperidine rings is 1. The Balaban J connectivity index is 2.41. The van der Waals surface area contributed by atoms with Gasteiger partial charge in [0.05, 0.1) is 4.90 Å². The van der Waals surface area contributed by atoms with Crippen molar-refractivity contribution in [2.75, 3.05) is 13.1 Å². The molecule has 0 bridgehead atoms. The van der Waals surface area contributed by atoms with E-state index in [0.717, 1.165) is 18.4 Å². The van der Waals surface area contributed by atoms with Crippen molar-refractivity contribution in [1.82, 2.24) is 4.31 Å². The topological polar surface area (TPSA) is 63.4 Å². The Hall–Kier alpha value is -0.910. The normalized spacial score (nSPS) is 25.4. The van der Waals surface area contributed by atoms with Crippen molar-refractivity contribution in [3.8, 4) is 0 Å². The van der Waals surface area contributed by atoms with Crippen molar-refractivity contribution >= 4 is 10.0 Å². The second-order valence-corrected chi connectivity index (χ2v) is 7.16. The summed E-state index contributed by atoms with van der Waals surface area (Å²) in [4.78, 5) is 0.405. The molecule has 0 aliphatic carbocycles. The van der Waals surface area contributed by atoms with Gasteiger partial charge in [-0.05, 0) is 37.3 Å². The first-order valence-corrected chi connectivity index (χ1v) is 8.20. The summed E-state index contributed by atoms with van der Waals surface area (Å²) >= 11 is 0. The Morgan fingerprint density at radius 1 is 1.37 bits per heavy atom. The molecular weight excluding hydrogens is 260 g/mol. The summed E-state index contributed by atoms with van der Waals surface area (Å²) in [5.41, 5.74) is 6.58. The van der Waals surface area contributed by atoms with E-state index in [4.69, 9.17) is 5.73 Å². The summed E-state index contributed by atoms with van der Waals surface area (Å²) in [7, 11) is -3.43. The van der Waals surface area contributed by atoms with Crippen LogP contribution in [-0.2, 0) is 10.0 Å². The molecule has 0 saturated carbocycles. The predicted molar refractivity (Wildman–Crippen MR) is 76.3 cm³/mol. The van der Waals surface area contributed by atoms with Crippen LogP contribution < -0.4 is 5.73 Å². The molecule has 106 valence electrons. The monoisotopic (exact) mass is 282 g/mol. The fraction of sp³-hybridized carbons (Fsp3) is 0.571. The molecule has 1 heterocycles. The van der Waals surface area contributed by atoms with Gasteiger partial charge in [0.2, 0.25) is 10.0 Å². The third-order valence-corrected chi connectivity index (χ3v) is 6.07. The molecule has 19 heavy (non-hydrogen) atoms. The van der Waals surface area contributed by atoms with Crippen LogP contribution in [0.5, 0.6) is 0 Å². The molecule has 1 aromatic carbocycles. The fourth-order valence-corrected chi connectivity index (χ4v) is 4.83. The zero-order valence-corrected chi connectivity index (χ0v) is 12.4. The Morgan fingerprint density at radius 2 is 2.05 bits per heavy atom. The van der Waals surface area contributed by atoms with E-state index in [1.807, 2.05) is 19.1 Å². The van der Waals surface area contributed by atoms with Crippen LogP contribution in [0.1, 0.15) is 25.3 Å². The van der Waals surface area contributed by atoms with E-state index >= 15 is 0 Å². The number of nitrogens with zero attached hydrogens (tertiary/aromatic N) is 1. The maximum Gasteiger partial charge on any atom is 0.243 e. The second kappa shape index (κ2) is 5.61. The van der Waals surface area contributed by atoms with Crippen molar-refractivity contribution in [3.63, 3.8) is 0 Å². The van der Waals surface area contributed by atoms with Crippen molar-refractivity contribution in [2.45, 2.75) is 37.6 Å². The summed E-state index contributed by atoms with van der Waals surface area (Å²) in [6.07, 6.45) is 1.95.